The van der Waals surface area contributed by atoms with Crippen molar-refractivity contribution in [1.29, 1.82) is 0 Å². The van der Waals surface area contributed by atoms with Gasteiger partial charge in [0.15, 0.2) is 0 Å². The predicted octanol–water partition coefficient (Wildman–Crippen LogP) is 5.21. The Morgan fingerprint density at radius 1 is 1.08 bits per heavy atom. The number of benzene rings is 2. The normalized spacial score (nSPS) is 16.8. The van der Waals surface area contributed by atoms with E-state index in [1.807, 2.05) is 17.0 Å². The lowest BCUT2D eigenvalue weighted by Crippen LogP contribution is -2.30. The molecule has 3 rings (SSSR count). The molecule has 0 bridgehead atoms. The fourth-order valence-electron chi connectivity index (χ4n) is 3.20. The van der Waals surface area contributed by atoms with Crippen LogP contribution in [0.15, 0.2) is 45.3 Å². The third kappa shape index (κ3) is 3.70. The number of hydrogen-bond acceptors (Lipinski definition) is 3. The zero-order chi connectivity index (χ0) is 18.0. The first-order chi connectivity index (χ1) is 12.0. The Bertz CT molecular complexity index is 752. The summed E-state index contributed by atoms with van der Waals surface area (Å²) < 4.78 is 12.5. The molecular formula is C19H19Br2NO3. The largest absolute Gasteiger partial charge is 0.495 e. The molecule has 1 atom stereocenters. The number of halogens is 2. The van der Waals surface area contributed by atoms with Crippen LogP contribution in [0.5, 0.6) is 11.5 Å². The van der Waals surface area contributed by atoms with Gasteiger partial charge in [-0.1, -0.05) is 28.1 Å². The van der Waals surface area contributed by atoms with Crippen LogP contribution in [0.4, 0.5) is 0 Å². The van der Waals surface area contributed by atoms with Crippen LogP contribution < -0.4 is 9.47 Å². The van der Waals surface area contributed by atoms with Crippen molar-refractivity contribution >= 4 is 37.8 Å². The molecule has 0 aromatic heterocycles. The molecule has 0 spiro atoms. The summed E-state index contributed by atoms with van der Waals surface area (Å²) in [5.74, 6) is 1.17. The Morgan fingerprint density at radius 3 is 2.24 bits per heavy atom. The quantitative estimate of drug-likeness (QED) is 0.618. The van der Waals surface area contributed by atoms with Gasteiger partial charge in [-0.2, -0.15) is 0 Å². The first-order valence-corrected chi connectivity index (χ1v) is 9.61. The maximum absolute atomic E-state index is 13.1. The Balaban J connectivity index is 1.93. The van der Waals surface area contributed by atoms with Crippen LogP contribution in [0.25, 0.3) is 0 Å². The second kappa shape index (κ2) is 7.79. The summed E-state index contributed by atoms with van der Waals surface area (Å²) in [6, 6.07) is 11.8. The number of ether oxygens (including phenoxy) is 2. The molecule has 0 aliphatic carbocycles. The standard InChI is InChI=1S/C19H19Br2NO3/c1-24-16-10-13(11-17(25-2)18(16)21)19(23)22-9-3-4-15(22)12-5-7-14(20)8-6-12/h5-8,10-11,15H,3-4,9H2,1-2H3. The fraction of sp³-hybridized carbons (Fsp3) is 0.316. The maximum Gasteiger partial charge on any atom is 0.254 e. The molecule has 2 aromatic carbocycles. The highest BCUT2D eigenvalue weighted by Gasteiger charge is 2.31. The second-order valence-corrected chi connectivity index (χ2v) is 7.61. The molecule has 0 radical (unpaired) electrons. The molecule has 25 heavy (non-hydrogen) atoms. The van der Waals surface area contributed by atoms with Crippen LogP contribution in [-0.2, 0) is 0 Å². The van der Waals surface area contributed by atoms with Crippen molar-refractivity contribution in [2.75, 3.05) is 20.8 Å². The fourth-order valence-corrected chi connectivity index (χ4v) is 4.02. The average Bonchev–Trinajstić information content (AvgIpc) is 3.11. The number of methoxy groups -OCH3 is 2. The molecule has 1 amide bonds. The third-order valence-corrected chi connectivity index (χ3v) is 5.77. The van der Waals surface area contributed by atoms with Crippen molar-refractivity contribution in [3.63, 3.8) is 0 Å². The van der Waals surface area contributed by atoms with Crippen LogP contribution in [0, 0.1) is 0 Å². The topological polar surface area (TPSA) is 38.8 Å². The summed E-state index contributed by atoms with van der Waals surface area (Å²) in [4.78, 5) is 15.1. The third-order valence-electron chi connectivity index (χ3n) is 4.46. The molecule has 1 saturated heterocycles. The second-order valence-electron chi connectivity index (χ2n) is 5.90. The van der Waals surface area contributed by atoms with Crippen molar-refractivity contribution < 1.29 is 14.3 Å². The van der Waals surface area contributed by atoms with Crippen molar-refractivity contribution in [1.82, 2.24) is 4.90 Å². The van der Waals surface area contributed by atoms with Gasteiger partial charge < -0.3 is 14.4 Å². The first kappa shape index (κ1) is 18.3. The molecule has 0 saturated carbocycles. The smallest absolute Gasteiger partial charge is 0.254 e. The van der Waals surface area contributed by atoms with E-state index in [1.54, 1.807) is 26.4 Å². The van der Waals surface area contributed by atoms with Gasteiger partial charge in [0.2, 0.25) is 0 Å². The number of hydrogen-bond donors (Lipinski definition) is 0. The molecular weight excluding hydrogens is 450 g/mol. The molecule has 1 aliphatic heterocycles. The number of carbonyl (C=O) groups excluding carboxylic acids is 1. The summed E-state index contributed by atoms with van der Waals surface area (Å²) in [5.41, 5.74) is 1.73. The van der Waals surface area contributed by atoms with E-state index in [-0.39, 0.29) is 11.9 Å². The summed E-state index contributed by atoms with van der Waals surface area (Å²) in [7, 11) is 3.16. The SMILES string of the molecule is COc1cc(C(=O)N2CCCC2c2ccc(Br)cc2)cc(OC)c1Br. The Kier molecular flexibility index (Phi) is 5.69. The molecule has 6 heteroatoms. The van der Waals surface area contributed by atoms with Crippen LogP contribution in [0.2, 0.25) is 0 Å². The van der Waals surface area contributed by atoms with E-state index in [9.17, 15) is 4.79 Å². The van der Waals surface area contributed by atoms with E-state index in [0.29, 0.717) is 21.5 Å². The van der Waals surface area contributed by atoms with Gasteiger partial charge >= 0.3 is 0 Å². The number of likely N-dealkylation sites (tertiary alicyclic amines) is 1. The van der Waals surface area contributed by atoms with Gasteiger partial charge in [0, 0.05) is 16.6 Å². The van der Waals surface area contributed by atoms with Gasteiger partial charge in [0.1, 0.15) is 16.0 Å². The number of amides is 1. The molecule has 2 aromatic rings. The van der Waals surface area contributed by atoms with Gasteiger partial charge in [-0.05, 0) is 58.6 Å². The minimum Gasteiger partial charge on any atom is -0.495 e. The molecule has 1 aliphatic rings. The molecule has 4 nitrogen and oxygen atoms in total. The zero-order valence-electron chi connectivity index (χ0n) is 14.1. The highest BCUT2D eigenvalue weighted by atomic mass is 79.9. The summed E-state index contributed by atoms with van der Waals surface area (Å²) >= 11 is 6.90. The summed E-state index contributed by atoms with van der Waals surface area (Å²) in [6.07, 6.45) is 1.97. The monoisotopic (exact) mass is 467 g/mol. The Hall–Kier alpha value is -1.53. The number of nitrogens with zero attached hydrogens (tertiary/aromatic N) is 1. The highest BCUT2D eigenvalue weighted by molar-refractivity contribution is 9.11. The summed E-state index contributed by atoms with van der Waals surface area (Å²) in [6.45, 7) is 0.750. The van der Waals surface area contributed by atoms with E-state index in [2.05, 4.69) is 44.0 Å². The van der Waals surface area contributed by atoms with Gasteiger partial charge in [-0.25, -0.2) is 0 Å². The maximum atomic E-state index is 13.1. The molecule has 1 fully saturated rings. The van der Waals surface area contributed by atoms with Crippen molar-refractivity contribution in [2.45, 2.75) is 18.9 Å². The van der Waals surface area contributed by atoms with E-state index in [0.717, 1.165) is 29.4 Å². The lowest BCUT2D eigenvalue weighted by atomic mass is 10.0. The summed E-state index contributed by atoms with van der Waals surface area (Å²) in [5, 5.41) is 0. The highest BCUT2D eigenvalue weighted by Crippen LogP contribution is 2.38. The molecule has 1 unspecified atom stereocenters. The van der Waals surface area contributed by atoms with Crippen molar-refractivity contribution in [3.8, 4) is 11.5 Å². The predicted molar refractivity (Wildman–Crippen MR) is 104 cm³/mol. The van der Waals surface area contributed by atoms with E-state index >= 15 is 0 Å². The minimum atomic E-state index is -0.00508. The lowest BCUT2D eigenvalue weighted by molar-refractivity contribution is 0.0735. The zero-order valence-corrected chi connectivity index (χ0v) is 17.3. The average molecular weight is 469 g/mol. The van der Waals surface area contributed by atoms with Crippen LogP contribution in [-0.4, -0.2) is 31.6 Å². The van der Waals surface area contributed by atoms with Crippen molar-refractivity contribution in [3.05, 3.63) is 56.5 Å². The lowest BCUT2D eigenvalue weighted by Gasteiger charge is -2.26. The van der Waals surface area contributed by atoms with Gasteiger partial charge in [0.05, 0.1) is 20.3 Å². The van der Waals surface area contributed by atoms with E-state index in [1.165, 1.54) is 0 Å². The molecule has 0 N–H and O–H groups in total. The van der Waals surface area contributed by atoms with E-state index in [4.69, 9.17) is 9.47 Å². The molecule has 132 valence electrons. The Morgan fingerprint density at radius 2 is 1.68 bits per heavy atom. The van der Waals surface area contributed by atoms with E-state index < -0.39 is 0 Å². The van der Waals surface area contributed by atoms with Crippen molar-refractivity contribution in [2.24, 2.45) is 0 Å². The van der Waals surface area contributed by atoms with Gasteiger partial charge in [-0.3, -0.25) is 4.79 Å². The number of carbonyl (C=O) groups is 1. The minimum absolute atomic E-state index is 0.00508. The van der Waals surface area contributed by atoms with Gasteiger partial charge in [0.25, 0.3) is 5.91 Å². The number of rotatable bonds is 4. The van der Waals surface area contributed by atoms with Crippen LogP contribution >= 0.6 is 31.9 Å². The Labute approximate surface area is 164 Å². The van der Waals surface area contributed by atoms with Crippen LogP contribution in [0.1, 0.15) is 34.8 Å². The van der Waals surface area contributed by atoms with Gasteiger partial charge in [-0.15, -0.1) is 0 Å². The molecule has 1 heterocycles. The first-order valence-electron chi connectivity index (χ1n) is 8.03. The van der Waals surface area contributed by atoms with Crippen LogP contribution in [0.3, 0.4) is 0 Å².